The number of fused-ring (bicyclic) bond motifs is 1. The number of urea groups is 1. The molecule has 3 saturated heterocycles. The van der Waals surface area contributed by atoms with Crippen LogP contribution >= 0.6 is 11.8 Å². The number of likely N-dealkylation sites (tertiary alicyclic amines) is 1. The number of hydrogen-bond acceptors (Lipinski definition) is 13. The Bertz CT molecular complexity index is 2430. The van der Waals surface area contributed by atoms with Crippen LogP contribution in [-0.4, -0.2) is 164 Å². The fraction of sp³-hybridized carbons (Fsp3) is 0.643. The number of ether oxygens (including phenoxy) is 3. The third-order valence-corrected chi connectivity index (χ3v) is 17.5. The zero-order valence-electron chi connectivity index (χ0n) is 47.4. The number of nitrogen functional groups attached to an aromatic ring is 1. The minimum atomic E-state index is -2.01. The van der Waals surface area contributed by atoms with Crippen molar-refractivity contribution in [2.24, 2.45) is 5.73 Å². The number of benzene rings is 2. The number of nitrogens with one attached hydrogen (secondary N) is 9. The number of amidine groups is 1. The molecule has 8 amide bonds. The van der Waals surface area contributed by atoms with E-state index in [1.807, 2.05) is 25.6 Å². The molecule has 0 radical (unpaired) electrons. The number of amides is 8. The van der Waals surface area contributed by atoms with E-state index in [2.05, 4.69) is 41.9 Å². The number of methoxy groups -OCH3 is 1. The molecule has 3 heterocycles. The van der Waals surface area contributed by atoms with Crippen LogP contribution in [0.5, 0.6) is 5.75 Å². The standard InChI is InChI=1S/C56H87N11O11S2/c1-6-28-77-30-31-78-29-25-61-53(71)41(15-10-11-23-59-47(68)17-9-8-16-46-50-44(35-79-46)64-56(74)65-50)62-48(69)18-14-24-60-49(70)34-42(66-80(75)51-36(2)32-45(76-5)37(3)38(51)4)54(72)63-43(55(73)67-26-12-7-13-27-67)33-39-19-21-40(22-20-39)52(57)58/h19-22,32,41-44,46,50,66H,6-18,23-31,33-35H2,1-5H3,(H3,57,58)(H,59,68)(H,60,70)(H,61,71)(H,62,69)(H,63,72)(H2,64,65,74)/t41?,42?,43?,44?,46-,50?,80?/m0/s1. The van der Waals surface area contributed by atoms with E-state index in [0.29, 0.717) is 103 Å². The van der Waals surface area contributed by atoms with Crippen molar-refractivity contribution in [2.45, 2.75) is 164 Å². The minimum Gasteiger partial charge on any atom is -0.496 e. The Kier molecular flexibility index (Phi) is 28.0. The molecule has 3 fully saturated rings. The van der Waals surface area contributed by atoms with Gasteiger partial charge in [-0.3, -0.25) is 34.2 Å². The van der Waals surface area contributed by atoms with E-state index >= 15 is 0 Å². The van der Waals surface area contributed by atoms with Gasteiger partial charge in [0.1, 0.15) is 40.7 Å². The van der Waals surface area contributed by atoms with Gasteiger partial charge in [0, 0.05) is 75.2 Å². The number of nitrogens with zero attached hydrogens (tertiary/aromatic N) is 1. The first kappa shape index (κ1) is 65.0. The summed E-state index contributed by atoms with van der Waals surface area (Å²) in [5.41, 5.74) is 8.97. The molecule has 444 valence electrons. The number of thioether (sulfide) groups is 1. The zero-order valence-corrected chi connectivity index (χ0v) is 49.0. The maximum absolute atomic E-state index is 14.4. The van der Waals surface area contributed by atoms with Crippen LogP contribution in [0.1, 0.15) is 125 Å². The molecule has 2 aromatic carbocycles. The number of piperidine rings is 1. The summed E-state index contributed by atoms with van der Waals surface area (Å²) >= 11 is 1.85. The van der Waals surface area contributed by atoms with Gasteiger partial charge in [-0.2, -0.15) is 11.8 Å². The summed E-state index contributed by atoms with van der Waals surface area (Å²) < 4.78 is 33.7. The van der Waals surface area contributed by atoms with Gasteiger partial charge in [-0.15, -0.1) is 0 Å². The van der Waals surface area contributed by atoms with Gasteiger partial charge in [0.05, 0.1) is 50.3 Å². The van der Waals surface area contributed by atoms with Gasteiger partial charge in [0.25, 0.3) is 0 Å². The molecule has 0 aliphatic carbocycles. The molecule has 22 nitrogen and oxygen atoms in total. The highest BCUT2D eigenvalue weighted by Gasteiger charge is 2.42. The smallest absolute Gasteiger partial charge is 0.315 e. The topological polar surface area (TPSA) is 314 Å². The van der Waals surface area contributed by atoms with Gasteiger partial charge in [0.2, 0.25) is 35.4 Å². The molecule has 80 heavy (non-hydrogen) atoms. The quantitative estimate of drug-likeness (QED) is 0.0203. The number of aryl methyl sites for hydroxylation is 1. The third kappa shape index (κ3) is 21.3. The molecule has 0 aromatic heterocycles. The molecular weight excluding hydrogens is 1070 g/mol. The van der Waals surface area contributed by atoms with Crippen molar-refractivity contribution in [1.82, 2.24) is 46.8 Å². The molecule has 5 rings (SSSR count). The first-order valence-electron chi connectivity index (χ1n) is 28.3. The second-order valence-corrected chi connectivity index (χ2v) is 23.1. The highest BCUT2D eigenvalue weighted by molar-refractivity contribution is 8.00. The second kappa shape index (κ2) is 34.5. The van der Waals surface area contributed by atoms with Gasteiger partial charge in [-0.25, -0.2) is 13.7 Å². The summed E-state index contributed by atoms with van der Waals surface area (Å²) in [6, 6.07) is 5.49. The molecule has 6 unspecified atom stereocenters. The van der Waals surface area contributed by atoms with E-state index in [1.165, 1.54) is 0 Å². The molecule has 11 N–H and O–H groups in total. The molecule has 24 heteroatoms. The van der Waals surface area contributed by atoms with E-state index < -0.39 is 53.3 Å². The van der Waals surface area contributed by atoms with Gasteiger partial charge >= 0.3 is 6.03 Å². The summed E-state index contributed by atoms with van der Waals surface area (Å²) in [5, 5.41) is 28.4. The minimum absolute atomic E-state index is 0.0393. The van der Waals surface area contributed by atoms with Crippen LogP contribution in [0.4, 0.5) is 4.79 Å². The Labute approximate surface area is 478 Å². The van der Waals surface area contributed by atoms with Gasteiger partial charge in [-0.05, 0) is 113 Å². The molecule has 3 aliphatic rings. The van der Waals surface area contributed by atoms with Crippen molar-refractivity contribution in [1.29, 1.82) is 5.41 Å². The Balaban J connectivity index is 1.15. The van der Waals surface area contributed by atoms with Crippen molar-refractivity contribution in [3.63, 3.8) is 0 Å². The molecule has 3 aliphatic heterocycles. The van der Waals surface area contributed by atoms with Crippen LogP contribution in [0.3, 0.4) is 0 Å². The van der Waals surface area contributed by atoms with E-state index in [1.54, 1.807) is 56.2 Å². The van der Waals surface area contributed by atoms with E-state index in [4.69, 9.17) is 25.4 Å². The van der Waals surface area contributed by atoms with Gasteiger partial charge in [0.15, 0.2) is 0 Å². The number of nitrogens with two attached hydrogens (primary N) is 1. The lowest BCUT2D eigenvalue weighted by Gasteiger charge is -2.31. The fourth-order valence-electron chi connectivity index (χ4n) is 9.93. The SMILES string of the molecule is CCCOCCOCCNC(=O)C(CCCCNC(=O)CCCC[C@@H]1SCC2NC(=O)NC21)NC(=O)CCCNC(=O)CC(NS(=O)c1c(C)cc(OC)c(C)c1C)C(=O)NC(Cc1ccc(C(=N)N)cc1)C(=O)N1CCCCC1. The number of carbonyl (C=O) groups excluding carboxylic acids is 7. The molecule has 0 saturated carbocycles. The van der Waals surface area contributed by atoms with Crippen molar-refractivity contribution in [3.8, 4) is 5.75 Å². The highest BCUT2D eigenvalue weighted by Crippen LogP contribution is 2.33. The highest BCUT2D eigenvalue weighted by atomic mass is 32.2. The second-order valence-electron chi connectivity index (χ2n) is 20.7. The van der Waals surface area contributed by atoms with Gasteiger partial charge < -0.3 is 62.1 Å². The van der Waals surface area contributed by atoms with E-state index in [0.717, 1.165) is 56.3 Å². The predicted octanol–water partition coefficient (Wildman–Crippen LogP) is 2.97. The molecule has 7 atom stereocenters. The zero-order chi connectivity index (χ0) is 58.0. The Morgan fingerprint density at radius 2 is 1.49 bits per heavy atom. The van der Waals surface area contributed by atoms with Crippen LogP contribution < -0.4 is 52.4 Å². The van der Waals surface area contributed by atoms with Crippen molar-refractivity contribution >= 4 is 70.1 Å². The van der Waals surface area contributed by atoms with Crippen LogP contribution in [-0.2, 0) is 55.6 Å². The lowest BCUT2D eigenvalue weighted by atomic mass is 10.0. The maximum atomic E-state index is 14.4. The summed E-state index contributed by atoms with van der Waals surface area (Å²) in [5.74, 6) is -1.03. The van der Waals surface area contributed by atoms with E-state index in [-0.39, 0.29) is 80.6 Å². The number of rotatable bonds is 36. The van der Waals surface area contributed by atoms with Crippen LogP contribution in [0, 0.1) is 26.2 Å². The Hall–Kier alpha value is -5.82. The van der Waals surface area contributed by atoms with Crippen LogP contribution in [0.15, 0.2) is 35.2 Å². The Morgan fingerprint density at radius 3 is 2.20 bits per heavy atom. The average molecular weight is 1150 g/mol. The fourth-order valence-corrected chi connectivity index (χ4v) is 12.8. The molecule has 0 spiro atoms. The molecule has 0 bridgehead atoms. The summed E-state index contributed by atoms with van der Waals surface area (Å²) in [4.78, 5) is 95.6. The Morgan fingerprint density at radius 1 is 0.787 bits per heavy atom. The monoisotopic (exact) mass is 1150 g/mol. The first-order valence-corrected chi connectivity index (χ1v) is 30.5. The number of hydrogen-bond donors (Lipinski definition) is 10. The summed E-state index contributed by atoms with van der Waals surface area (Å²) in [6.07, 6.45) is 7.67. The maximum Gasteiger partial charge on any atom is 0.315 e. The van der Waals surface area contributed by atoms with Crippen LogP contribution in [0.25, 0.3) is 0 Å². The van der Waals surface area contributed by atoms with Crippen molar-refractivity contribution in [2.75, 3.05) is 72.0 Å². The third-order valence-electron chi connectivity index (χ3n) is 14.5. The number of carbonyl (C=O) groups is 7. The van der Waals surface area contributed by atoms with Crippen LogP contribution in [0.2, 0.25) is 0 Å². The number of unbranched alkanes of at least 4 members (excludes halogenated alkanes) is 2. The summed E-state index contributed by atoms with van der Waals surface area (Å²) in [6.45, 7) is 10.9. The first-order chi connectivity index (χ1) is 38.5. The van der Waals surface area contributed by atoms with E-state index in [9.17, 15) is 37.8 Å². The van der Waals surface area contributed by atoms with Gasteiger partial charge in [-0.1, -0.05) is 37.6 Å². The van der Waals surface area contributed by atoms with Crippen molar-refractivity contribution in [3.05, 3.63) is 58.1 Å². The normalized spacial score (nSPS) is 18.1. The molecular formula is C56H87N11O11S2. The lowest BCUT2D eigenvalue weighted by molar-refractivity contribution is -0.137. The van der Waals surface area contributed by atoms with Crippen molar-refractivity contribution < 1.29 is 52.0 Å². The lowest BCUT2D eigenvalue weighted by Crippen LogP contribution is -2.56. The predicted molar refractivity (Wildman–Crippen MR) is 309 cm³/mol. The summed E-state index contributed by atoms with van der Waals surface area (Å²) in [7, 11) is -0.464. The largest absolute Gasteiger partial charge is 0.496 e. The molecule has 2 aromatic rings. The average Bonchev–Trinajstić information content (AvgIpc) is 4.08.